The van der Waals surface area contributed by atoms with Gasteiger partial charge in [0.25, 0.3) is 0 Å². The third-order valence-corrected chi connectivity index (χ3v) is 6.74. The highest BCUT2D eigenvalue weighted by Crippen LogP contribution is 2.34. The van der Waals surface area contributed by atoms with Gasteiger partial charge in [-0.1, -0.05) is 19.4 Å². The van der Waals surface area contributed by atoms with Crippen molar-refractivity contribution < 1.29 is 22.1 Å². The third-order valence-electron chi connectivity index (χ3n) is 5.00. The highest BCUT2D eigenvalue weighted by atomic mass is 127. The van der Waals surface area contributed by atoms with E-state index in [9.17, 15) is 17.4 Å². The van der Waals surface area contributed by atoms with Gasteiger partial charge in [-0.3, -0.25) is 4.21 Å². The molecule has 0 heterocycles. The molecule has 1 aliphatic carbocycles. The van der Waals surface area contributed by atoms with Crippen molar-refractivity contribution in [3.63, 3.8) is 0 Å². The minimum absolute atomic E-state index is 0. The van der Waals surface area contributed by atoms with Crippen LogP contribution in [0.15, 0.2) is 23.2 Å². The van der Waals surface area contributed by atoms with E-state index in [0.29, 0.717) is 18.3 Å². The summed E-state index contributed by atoms with van der Waals surface area (Å²) in [6.07, 6.45) is -0.845. The molecule has 0 amide bonds. The smallest absolute Gasteiger partial charge is 0.416 e. The number of ether oxygens (including phenoxy) is 1. The van der Waals surface area contributed by atoms with Crippen LogP contribution in [-0.4, -0.2) is 40.9 Å². The standard InChI is InChI=1S/C20H30F3N3O2S.HI/c1-4-24-19(26-15-7-6-8-17(11-15)29(27)5-2)25-13-14-9-10-16(28-3)12-18(14)20(21,22)23;/h9-10,12,15,17H,4-8,11,13H2,1-3H3,(H2,24,25,26);1H. The highest BCUT2D eigenvalue weighted by Gasteiger charge is 2.33. The fraction of sp³-hybridized carbons (Fsp3) is 0.650. The summed E-state index contributed by atoms with van der Waals surface area (Å²) in [5.74, 6) is 1.28. The zero-order valence-corrected chi connectivity index (χ0v) is 20.7. The van der Waals surface area contributed by atoms with Crippen LogP contribution < -0.4 is 15.4 Å². The van der Waals surface area contributed by atoms with Crippen LogP contribution >= 0.6 is 24.0 Å². The Labute approximate surface area is 196 Å². The fourth-order valence-corrected chi connectivity index (χ4v) is 4.86. The van der Waals surface area contributed by atoms with Gasteiger partial charge in [0.05, 0.1) is 19.2 Å². The largest absolute Gasteiger partial charge is 0.497 e. The minimum atomic E-state index is -4.48. The monoisotopic (exact) mass is 561 g/mol. The number of halogens is 4. The van der Waals surface area contributed by atoms with E-state index in [0.717, 1.165) is 31.7 Å². The Balaban J connectivity index is 0.00000450. The molecule has 30 heavy (non-hydrogen) atoms. The van der Waals surface area contributed by atoms with E-state index in [4.69, 9.17) is 4.74 Å². The molecule has 172 valence electrons. The lowest BCUT2D eigenvalue weighted by molar-refractivity contribution is -0.138. The summed E-state index contributed by atoms with van der Waals surface area (Å²) in [5.41, 5.74) is -0.656. The summed E-state index contributed by atoms with van der Waals surface area (Å²) in [5, 5.41) is 6.57. The summed E-state index contributed by atoms with van der Waals surface area (Å²) < 4.78 is 57.3. The summed E-state index contributed by atoms with van der Waals surface area (Å²) in [4.78, 5) is 4.38. The molecular weight excluding hydrogens is 530 g/mol. The molecule has 1 aliphatic rings. The van der Waals surface area contributed by atoms with Crippen LogP contribution in [-0.2, 0) is 23.5 Å². The van der Waals surface area contributed by atoms with Crippen molar-refractivity contribution in [1.29, 1.82) is 0 Å². The fourth-order valence-electron chi connectivity index (χ4n) is 3.51. The second-order valence-electron chi connectivity index (χ2n) is 7.02. The van der Waals surface area contributed by atoms with Gasteiger partial charge in [0.15, 0.2) is 5.96 Å². The number of nitrogens with zero attached hydrogens (tertiary/aromatic N) is 1. The molecule has 3 unspecified atom stereocenters. The number of alkyl halides is 3. The first-order valence-corrected chi connectivity index (χ1v) is 11.3. The Hall–Kier alpha value is -1.04. The van der Waals surface area contributed by atoms with Gasteiger partial charge in [0.1, 0.15) is 5.75 Å². The number of hydrogen-bond acceptors (Lipinski definition) is 3. The topological polar surface area (TPSA) is 62.7 Å². The number of benzene rings is 1. The second-order valence-corrected chi connectivity index (χ2v) is 9.02. The molecule has 0 radical (unpaired) electrons. The molecule has 1 aromatic rings. The van der Waals surface area contributed by atoms with Crippen molar-refractivity contribution in [3.8, 4) is 5.75 Å². The van der Waals surface area contributed by atoms with E-state index in [2.05, 4.69) is 15.6 Å². The molecular formula is C20H31F3IN3O2S. The van der Waals surface area contributed by atoms with Crippen LogP contribution in [0.3, 0.4) is 0 Å². The SMILES string of the molecule is CCNC(=NCc1ccc(OC)cc1C(F)(F)F)NC1CCCC(S(=O)CC)C1.I. The number of guanidine groups is 1. The van der Waals surface area contributed by atoms with Crippen LogP contribution in [0.2, 0.25) is 0 Å². The lowest BCUT2D eigenvalue weighted by atomic mass is 9.95. The molecule has 0 bridgehead atoms. The maximum Gasteiger partial charge on any atom is 0.416 e. The first-order valence-electron chi connectivity index (χ1n) is 9.94. The molecule has 5 nitrogen and oxygen atoms in total. The van der Waals surface area contributed by atoms with Crippen LogP contribution in [0.25, 0.3) is 0 Å². The quantitative estimate of drug-likeness (QED) is 0.293. The Morgan fingerprint density at radius 1 is 1.30 bits per heavy atom. The Kier molecular flexibility index (Phi) is 11.5. The molecule has 1 saturated carbocycles. The molecule has 0 aromatic heterocycles. The van der Waals surface area contributed by atoms with Gasteiger partial charge in [-0.05, 0) is 43.9 Å². The predicted molar refractivity (Wildman–Crippen MR) is 126 cm³/mol. The number of hydrogen-bond donors (Lipinski definition) is 2. The van der Waals surface area contributed by atoms with E-state index in [1.54, 1.807) is 0 Å². The van der Waals surface area contributed by atoms with Gasteiger partial charge < -0.3 is 15.4 Å². The van der Waals surface area contributed by atoms with Crippen molar-refractivity contribution in [2.24, 2.45) is 4.99 Å². The molecule has 1 fully saturated rings. The van der Waals surface area contributed by atoms with Gasteiger partial charge in [0.2, 0.25) is 0 Å². The highest BCUT2D eigenvalue weighted by molar-refractivity contribution is 14.0. The Morgan fingerprint density at radius 2 is 2.03 bits per heavy atom. The van der Waals surface area contributed by atoms with E-state index < -0.39 is 22.5 Å². The van der Waals surface area contributed by atoms with Crippen molar-refractivity contribution in [3.05, 3.63) is 29.3 Å². The molecule has 2 rings (SSSR count). The van der Waals surface area contributed by atoms with Gasteiger partial charge in [-0.15, -0.1) is 24.0 Å². The molecule has 0 spiro atoms. The summed E-state index contributed by atoms with van der Waals surface area (Å²) >= 11 is 0. The minimum Gasteiger partial charge on any atom is -0.497 e. The van der Waals surface area contributed by atoms with Crippen LogP contribution in [0, 0.1) is 0 Å². The second kappa shape index (κ2) is 12.7. The van der Waals surface area contributed by atoms with E-state index in [1.165, 1.54) is 19.2 Å². The lowest BCUT2D eigenvalue weighted by Gasteiger charge is -2.30. The zero-order valence-electron chi connectivity index (χ0n) is 17.6. The lowest BCUT2D eigenvalue weighted by Crippen LogP contribution is -2.46. The van der Waals surface area contributed by atoms with Gasteiger partial charge in [-0.25, -0.2) is 4.99 Å². The van der Waals surface area contributed by atoms with Crippen LogP contribution in [0.1, 0.15) is 50.7 Å². The van der Waals surface area contributed by atoms with Gasteiger partial charge in [-0.2, -0.15) is 13.2 Å². The number of rotatable bonds is 7. The maximum atomic E-state index is 13.4. The summed E-state index contributed by atoms with van der Waals surface area (Å²) in [6, 6.07) is 4.01. The summed E-state index contributed by atoms with van der Waals surface area (Å²) in [7, 11) is 0.497. The van der Waals surface area contributed by atoms with E-state index >= 15 is 0 Å². The normalized spacial score (nSPS) is 20.8. The third kappa shape index (κ3) is 7.90. The van der Waals surface area contributed by atoms with E-state index in [-0.39, 0.29) is 53.1 Å². The van der Waals surface area contributed by atoms with Crippen LogP contribution in [0.5, 0.6) is 5.75 Å². The number of methoxy groups -OCH3 is 1. The number of aliphatic imine (C=N–C) groups is 1. The zero-order chi connectivity index (χ0) is 21.4. The Morgan fingerprint density at radius 3 is 2.63 bits per heavy atom. The van der Waals surface area contributed by atoms with Crippen molar-refractivity contribution in [2.45, 2.75) is 63.5 Å². The molecule has 10 heteroatoms. The molecule has 0 saturated heterocycles. The average Bonchev–Trinajstić information content (AvgIpc) is 2.71. The average molecular weight is 561 g/mol. The van der Waals surface area contributed by atoms with Crippen molar-refractivity contribution in [2.75, 3.05) is 19.4 Å². The molecule has 0 aliphatic heterocycles. The van der Waals surface area contributed by atoms with Crippen LogP contribution in [0.4, 0.5) is 13.2 Å². The predicted octanol–water partition coefficient (Wildman–Crippen LogP) is 4.47. The first kappa shape index (κ1) is 27.0. The number of nitrogens with one attached hydrogen (secondary N) is 2. The van der Waals surface area contributed by atoms with Gasteiger partial charge in [0, 0.05) is 34.4 Å². The van der Waals surface area contributed by atoms with Gasteiger partial charge >= 0.3 is 6.18 Å². The Bertz CT molecular complexity index is 732. The molecule has 3 atom stereocenters. The first-order chi connectivity index (χ1) is 13.8. The van der Waals surface area contributed by atoms with Crippen molar-refractivity contribution in [1.82, 2.24) is 10.6 Å². The summed E-state index contributed by atoms with van der Waals surface area (Å²) in [6.45, 7) is 4.32. The molecule has 1 aromatic carbocycles. The van der Waals surface area contributed by atoms with Crippen molar-refractivity contribution >= 4 is 40.7 Å². The van der Waals surface area contributed by atoms with E-state index in [1.807, 2.05) is 13.8 Å². The maximum absolute atomic E-state index is 13.4. The molecule has 2 N–H and O–H groups in total.